The van der Waals surface area contributed by atoms with Gasteiger partial charge in [0, 0.05) is 10.7 Å². The van der Waals surface area contributed by atoms with E-state index in [4.69, 9.17) is 4.42 Å². The van der Waals surface area contributed by atoms with Crippen molar-refractivity contribution in [2.24, 2.45) is 4.40 Å². The fourth-order valence-electron chi connectivity index (χ4n) is 1.02. The third-order valence-corrected chi connectivity index (χ3v) is 2.63. The van der Waals surface area contributed by atoms with Crippen molar-refractivity contribution in [2.45, 2.75) is 44.3 Å². The summed E-state index contributed by atoms with van der Waals surface area (Å²) in [5.74, 6) is 1.78. The zero-order chi connectivity index (χ0) is 10.9. The van der Waals surface area contributed by atoms with E-state index < -0.39 is 0 Å². The molecule has 1 aliphatic carbocycles. The van der Waals surface area contributed by atoms with Crippen LogP contribution in [0.25, 0.3) is 0 Å². The molecule has 0 spiro atoms. The van der Waals surface area contributed by atoms with Gasteiger partial charge in [-0.2, -0.15) is 0 Å². The number of hydrogen-bond donors (Lipinski definition) is 0. The molecule has 1 aliphatic rings. The standard InChI is InChI=1S/C10H15N3OS/c1-10(2,3)15-11-6-8-12-13-9(14-8)7-4-5-7/h6-7H,4-5H2,1-3H3/b11-6+. The van der Waals surface area contributed by atoms with Crippen molar-refractivity contribution in [3.05, 3.63) is 11.8 Å². The fourth-order valence-corrected chi connectivity index (χ4v) is 1.48. The number of rotatable bonds is 3. The summed E-state index contributed by atoms with van der Waals surface area (Å²) in [7, 11) is 0. The molecule has 0 saturated heterocycles. The van der Waals surface area contributed by atoms with Crippen LogP contribution in [0.1, 0.15) is 51.3 Å². The van der Waals surface area contributed by atoms with Gasteiger partial charge in [-0.15, -0.1) is 10.2 Å². The van der Waals surface area contributed by atoms with Crippen LogP contribution in [-0.4, -0.2) is 21.2 Å². The molecule has 0 unspecified atom stereocenters. The molecule has 82 valence electrons. The number of nitrogens with zero attached hydrogens (tertiary/aromatic N) is 3. The average molecular weight is 225 g/mol. The largest absolute Gasteiger partial charge is 0.419 e. The number of aromatic nitrogens is 2. The molecule has 0 radical (unpaired) electrons. The van der Waals surface area contributed by atoms with E-state index in [9.17, 15) is 0 Å². The maximum atomic E-state index is 5.44. The SMILES string of the molecule is CC(C)(C)S/N=C/c1nnc(C2CC2)o1. The summed E-state index contributed by atoms with van der Waals surface area (Å²) in [6, 6.07) is 0. The minimum absolute atomic E-state index is 0.121. The third-order valence-electron chi connectivity index (χ3n) is 1.87. The van der Waals surface area contributed by atoms with E-state index in [2.05, 4.69) is 35.4 Å². The fraction of sp³-hybridized carbons (Fsp3) is 0.700. The number of hydrogen-bond acceptors (Lipinski definition) is 5. The van der Waals surface area contributed by atoms with Gasteiger partial charge in [0.15, 0.2) is 0 Å². The predicted octanol–water partition coefficient (Wildman–Crippen LogP) is 2.81. The highest BCUT2D eigenvalue weighted by atomic mass is 32.2. The Bertz CT molecular complexity index is 363. The highest BCUT2D eigenvalue weighted by Gasteiger charge is 2.29. The minimum Gasteiger partial charge on any atom is -0.419 e. The molecule has 1 aromatic heterocycles. The van der Waals surface area contributed by atoms with Crippen LogP contribution in [0.4, 0.5) is 0 Å². The lowest BCUT2D eigenvalue weighted by Gasteiger charge is -2.11. The van der Waals surface area contributed by atoms with E-state index in [-0.39, 0.29) is 4.75 Å². The molecule has 1 heterocycles. The Balaban J connectivity index is 1.92. The van der Waals surface area contributed by atoms with Crippen LogP contribution >= 0.6 is 11.9 Å². The predicted molar refractivity (Wildman–Crippen MR) is 61.2 cm³/mol. The van der Waals surface area contributed by atoms with Gasteiger partial charge >= 0.3 is 0 Å². The van der Waals surface area contributed by atoms with E-state index in [1.807, 2.05) is 0 Å². The lowest BCUT2D eigenvalue weighted by molar-refractivity contribution is 0.490. The summed E-state index contributed by atoms with van der Waals surface area (Å²) >= 11 is 1.50. The molecule has 1 saturated carbocycles. The van der Waals surface area contributed by atoms with Crippen LogP contribution in [0.2, 0.25) is 0 Å². The summed E-state index contributed by atoms with van der Waals surface area (Å²) in [5.41, 5.74) is 0. The van der Waals surface area contributed by atoms with Crippen LogP contribution in [0.5, 0.6) is 0 Å². The zero-order valence-electron chi connectivity index (χ0n) is 9.23. The summed E-state index contributed by atoms with van der Waals surface area (Å²) in [5, 5.41) is 7.89. The van der Waals surface area contributed by atoms with Gasteiger partial charge in [-0.1, -0.05) is 0 Å². The van der Waals surface area contributed by atoms with Crippen molar-refractivity contribution in [3.8, 4) is 0 Å². The van der Waals surface area contributed by atoms with Crippen molar-refractivity contribution in [3.63, 3.8) is 0 Å². The lowest BCUT2D eigenvalue weighted by atomic mass is 10.3. The van der Waals surface area contributed by atoms with Gasteiger partial charge in [-0.25, -0.2) is 4.40 Å². The quantitative estimate of drug-likeness (QED) is 0.586. The minimum atomic E-state index is 0.121. The summed E-state index contributed by atoms with van der Waals surface area (Å²) in [6.07, 6.45) is 3.99. The molecule has 1 aromatic rings. The molecule has 4 nitrogen and oxygen atoms in total. The molecule has 15 heavy (non-hydrogen) atoms. The average Bonchev–Trinajstić information content (AvgIpc) is 2.86. The second-order valence-electron chi connectivity index (χ2n) is 4.69. The lowest BCUT2D eigenvalue weighted by Crippen LogP contribution is -2.04. The molecular formula is C10H15N3OS. The van der Waals surface area contributed by atoms with Crippen LogP contribution in [0.3, 0.4) is 0 Å². The maximum Gasteiger partial charge on any atom is 0.259 e. The molecule has 0 atom stereocenters. The Morgan fingerprint density at radius 1 is 1.40 bits per heavy atom. The van der Waals surface area contributed by atoms with Gasteiger partial charge in [-0.05, 0) is 45.6 Å². The normalized spacial score (nSPS) is 17.5. The van der Waals surface area contributed by atoms with E-state index in [1.54, 1.807) is 6.21 Å². The van der Waals surface area contributed by atoms with Crippen molar-refractivity contribution in [1.29, 1.82) is 0 Å². The summed E-state index contributed by atoms with van der Waals surface area (Å²) in [6.45, 7) is 6.33. The maximum absolute atomic E-state index is 5.44. The van der Waals surface area contributed by atoms with Crippen LogP contribution in [0.15, 0.2) is 8.81 Å². The highest BCUT2D eigenvalue weighted by molar-refractivity contribution is 7.99. The Hall–Kier alpha value is -0.840. The first-order valence-corrected chi connectivity index (χ1v) is 5.87. The summed E-state index contributed by atoms with van der Waals surface area (Å²) < 4.78 is 9.76. The third kappa shape index (κ3) is 3.34. The second kappa shape index (κ2) is 3.96. The van der Waals surface area contributed by atoms with Crippen molar-refractivity contribution < 1.29 is 4.42 Å². The van der Waals surface area contributed by atoms with Crippen LogP contribution in [0, 0.1) is 0 Å². The van der Waals surface area contributed by atoms with Gasteiger partial charge in [-0.3, -0.25) is 0 Å². The first kappa shape index (κ1) is 10.7. The molecular weight excluding hydrogens is 210 g/mol. The second-order valence-corrected chi connectivity index (χ2v) is 6.31. The van der Waals surface area contributed by atoms with E-state index in [0.29, 0.717) is 11.8 Å². The monoisotopic (exact) mass is 225 g/mol. The highest BCUT2D eigenvalue weighted by Crippen LogP contribution is 2.38. The van der Waals surface area contributed by atoms with Gasteiger partial charge in [0.1, 0.15) is 0 Å². The van der Waals surface area contributed by atoms with Crippen molar-refractivity contribution >= 4 is 18.2 Å². The topological polar surface area (TPSA) is 51.3 Å². The first-order valence-electron chi connectivity index (χ1n) is 5.09. The molecule has 0 amide bonds. The molecule has 0 N–H and O–H groups in total. The molecule has 0 bridgehead atoms. The molecule has 1 fully saturated rings. The Morgan fingerprint density at radius 2 is 2.13 bits per heavy atom. The van der Waals surface area contributed by atoms with Crippen LogP contribution < -0.4 is 0 Å². The smallest absolute Gasteiger partial charge is 0.259 e. The Kier molecular flexibility index (Phi) is 2.82. The molecule has 5 heteroatoms. The zero-order valence-corrected chi connectivity index (χ0v) is 10.0. The van der Waals surface area contributed by atoms with Gasteiger partial charge in [0.25, 0.3) is 5.89 Å². The van der Waals surface area contributed by atoms with E-state index in [1.165, 1.54) is 24.8 Å². The van der Waals surface area contributed by atoms with Gasteiger partial charge in [0.2, 0.25) is 5.89 Å². The molecule has 2 rings (SSSR count). The Labute approximate surface area is 93.7 Å². The van der Waals surface area contributed by atoms with Gasteiger partial charge < -0.3 is 4.42 Å². The molecule has 0 aromatic carbocycles. The van der Waals surface area contributed by atoms with E-state index >= 15 is 0 Å². The first-order chi connectivity index (χ1) is 7.04. The van der Waals surface area contributed by atoms with E-state index in [0.717, 1.165) is 5.89 Å². The van der Waals surface area contributed by atoms with Crippen molar-refractivity contribution in [2.75, 3.05) is 0 Å². The van der Waals surface area contributed by atoms with Crippen molar-refractivity contribution in [1.82, 2.24) is 10.2 Å². The summed E-state index contributed by atoms with van der Waals surface area (Å²) in [4.78, 5) is 0. The van der Waals surface area contributed by atoms with Crippen LogP contribution in [-0.2, 0) is 0 Å². The van der Waals surface area contributed by atoms with Gasteiger partial charge in [0.05, 0.1) is 6.21 Å². The Morgan fingerprint density at radius 3 is 2.73 bits per heavy atom. The molecule has 0 aliphatic heterocycles.